The number of hydrogen-bond donors (Lipinski definition) is 1. The van der Waals surface area contributed by atoms with Crippen LogP contribution in [0.5, 0.6) is 0 Å². The predicted octanol–water partition coefficient (Wildman–Crippen LogP) is 5.19. The van der Waals surface area contributed by atoms with Gasteiger partial charge in [-0.3, -0.25) is 4.79 Å². The summed E-state index contributed by atoms with van der Waals surface area (Å²) in [6.45, 7) is -0.105. The van der Waals surface area contributed by atoms with Gasteiger partial charge in [-0.25, -0.2) is 13.2 Å². The Balaban J connectivity index is 1.45. The molecule has 1 N–H and O–H groups in total. The number of amides is 1. The minimum atomic E-state index is -3.98. The minimum Gasteiger partial charge on any atom is -0.452 e. The summed E-state index contributed by atoms with van der Waals surface area (Å²) in [4.78, 5) is 24.5. The normalized spacial score (nSPS) is 13.7. The van der Waals surface area contributed by atoms with Crippen LogP contribution in [0.2, 0.25) is 15.1 Å². The van der Waals surface area contributed by atoms with Gasteiger partial charge in [0.15, 0.2) is 6.61 Å². The van der Waals surface area contributed by atoms with E-state index in [1.807, 2.05) is 24.3 Å². The minimum absolute atomic E-state index is 0.0176. The topological polar surface area (TPSA) is 92.8 Å². The lowest BCUT2D eigenvalue weighted by atomic mass is 10.0. The van der Waals surface area contributed by atoms with Crippen molar-refractivity contribution in [3.8, 4) is 0 Å². The monoisotopic (exact) mass is 552 g/mol. The number of carbonyl (C=O) groups excluding carboxylic acids is 2. The van der Waals surface area contributed by atoms with E-state index in [9.17, 15) is 18.0 Å². The third kappa shape index (κ3) is 5.97. The van der Waals surface area contributed by atoms with Crippen LogP contribution in [0.3, 0.4) is 0 Å². The van der Waals surface area contributed by atoms with Crippen molar-refractivity contribution in [2.24, 2.45) is 0 Å². The SMILES string of the molecule is O=C(COC(=O)c1ccc(Cl)c(S(=O)(=O)N2CCc3ccccc3C2)c1)Nc1cc(Cl)cc(Cl)c1. The highest BCUT2D eigenvalue weighted by Crippen LogP contribution is 2.30. The van der Waals surface area contributed by atoms with E-state index in [-0.39, 0.29) is 28.6 Å². The molecular formula is C24H19Cl3N2O5S. The van der Waals surface area contributed by atoms with Gasteiger partial charge in [-0.1, -0.05) is 59.1 Å². The highest BCUT2D eigenvalue weighted by atomic mass is 35.5. The van der Waals surface area contributed by atoms with E-state index < -0.39 is 28.5 Å². The maximum absolute atomic E-state index is 13.3. The molecule has 11 heteroatoms. The van der Waals surface area contributed by atoms with Crippen molar-refractivity contribution in [1.29, 1.82) is 0 Å². The molecule has 0 unspecified atom stereocenters. The summed E-state index contributed by atoms with van der Waals surface area (Å²) in [5, 5.41) is 3.16. The van der Waals surface area contributed by atoms with E-state index in [1.165, 1.54) is 34.6 Å². The number of anilines is 1. The number of fused-ring (bicyclic) bond motifs is 1. The van der Waals surface area contributed by atoms with Crippen LogP contribution in [-0.4, -0.2) is 37.8 Å². The van der Waals surface area contributed by atoms with Gasteiger partial charge in [0.25, 0.3) is 5.91 Å². The Kier molecular flexibility index (Phi) is 7.68. The molecule has 0 aliphatic carbocycles. The second-order valence-electron chi connectivity index (χ2n) is 7.78. The maximum atomic E-state index is 13.3. The first-order valence-corrected chi connectivity index (χ1v) is 13.0. The molecule has 7 nitrogen and oxygen atoms in total. The Morgan fingerprint density at radius 1 is 0.943 bits per heavy atom. The van der Waals surface area contributed by atoms with E-state index in [0.717, 1.165) is 17.2 Å². The number of halogens is 3. The van der Waals surface area contributed by atoms with Gasteiger partial charge in [0.05, 0.1) is 10.6 Å². The van der Waals surface area contributed by atoms with E-state index in [4.69, 9.17) is 39.5 Å². The molecule has 0 fully saturated rings. The number of hydrogen-bond acceptors (Lipinski definition) is 5. The molecule has 0 saturated heterocycles. The largest absolute Gasteiger partial charge is 0.452 e. The van der Waals surface area contributed by atoms with E-state index in [1.54, 1.807) is 0 Å². The smallest absolute Gasteiger partial charge is 0.338 e. The molecule has 35 heavy (non-hydrogen) atoms. The van der Waals surface area contributed by atoms with Crippen LogP contribution in [0.4, 0.5) is 5.69 Å². The summed E-state index contributed by atoms with van der Waals surface area (Å²) in [6.07, 6.45) is 0.571. The highest BCUT2D eigenvalue weighted by Gasteiger charge is 2.30. The number of carbonyl (C=O) groups is 2. The zero-order chi connectivity index (χ0) is 25.2. The predicted molar refractivity (Wildman–Crippen MR) is 135 cm³/mol. The quantitative estimate of drug-likeness (QED) is 0.424. The Morgan fingerprint density at radius 3 is 2.34 bits per heavy atom. The number of rotatable bonds is 6. The van der Waals surface area contributed by atoms with Gasteiger partial charge in [0.1, 0.15) is 4.90 Å². The average molecular weight is 554 g/mol. The fraction of sp³-hybridized carbons (Fsp3) is 0.167. The number of nitrogens with zero attached hydrogens (tertiary/aromatic N) is 1. The molecule has 0 saturated carbocycles. The molecule has 1 aliphatic heterocycles. The lowest BCUT2D eigenvalue weighted by molar-refractivity contribution is -0.119. The molecule has 0 radical (unpaired) electrons. The second kappa shape index (κ2) is 10.6. The van der Waals surface area contributed by atoms with Crippen molar-refractivity contribution in [2.75, 3.05) is 18.5 Å². The number of benzene rings is 3. The second-order valence-corrected chi connectivity index (χ2v) is 11.0. The Hall–Kier alpha value is -2.62. The van der Waals surface area contributed by atoms with Crippen molar-refractivity contribution >= 4 is 62.4 Å². The molecule has 1 amide bonds. The van der Waals surface area contributed by atoms with Gasteiger partial charge in [0, 0.05) is 28.8 Å². The van der Waals surface area contributed by atoms with Crippen LogP contribution >= 0.6 is 34.8 Å². The molecular weight excluding hydrogens is 535 g/mol. The van der Waals surface area contributed by atoms with Crippen LogP contribution in [0.1, 0.15) is 21.5 Å². The first-order chi connectivity index (χ1) is 16.6. The zero-order valence-electron chi connectivity index (χ0n) is 18.1. The first-order valence-electron chi connectivity index (χ1n) is 10.4. The number of ether oxygens (including phenoxy) is 1. The molecule has 0 bridgehead atoms. The highest BCUT2D eigenvalue weighted by molar-refractivity contribution is 7.89. The number of esters is 1. The van der Waals surface area contributed by atoms with Gasteiger partial charge in [-0.2, -0.15) is 4.31 Å². The summed E-state index contributed by atoms with van der Waals surface area (Å²) in [5.74, 6) is -1.49. The Bertz CT molecular complexity index is 1390. The average Bonchev–Trinajstić information content (AvgIpc) is 2.81. The van der Waals surface area contributed by atoms with Crippen molar-refractivity contribution < 1.29 is 22.7 Å². The summed E-state index contributed by atoms with van der Waals surface area (Å²) in [7, 11) is -3.98. The van der Waals surface area contributed by atoms with Gasteiger partial charge < -0.3 is 10.1 Å². The summed E-state index contributed by atoms with van der Waals surface area (Å²) in [6, 6.07) is 15.9. The lowest BCUT2D eigenvalue weighted by Gasteiger charge is -2.28. The summed E-state index contributed by atoms with van der Waals surface area (Å²) < 4.78 is 33.0. The molecule has 1 heterocycles. The number of sulfonamides is 1. The Morgan fingerprint density at radius 2 is 1.63 bits per heavy atom. The van der Waals surface area contributed by atoms with Gasteiger partial charge in [-0.15, -0.1) is 0 Å². The van der Waals surface area contributed by atoms with Crippen LogP contribution in [0, 0.1) is 0 Å². The number of nitrogens with one attached hydrogen (secondary N) is 1. The fourth-order valence-electron chi connectivity index (χ4n) is 3.68. The van der Waals surface area contributed by atoms with Gasteiger partial charge >= 0.3 is 5.97 Å². The van der Waals surface area contributed by atoms with Crippen molar-refractivity contribution in [3.05, 3.63) is 92.4 Å². The van der Waals surface area contributed by atoms with E-state index >= 15 is 0 Å². The third-order valence-electron chi connectivity index (χ3n) is 5.36. The molecule has 1 aliphatic rings. The first kappa shape index (κ1) is 25.5. The van der Waals surface area contributed by atoms with Crippen LogP contribution in [0.15, 0.2) is 65.6 Å². The molecule has 0 atom stereocenters. The van der Waals surface area contributed by atoms with Crippen LogP contribution < -0.4 is 5.32 Å². The molecule has 4 rings (SSSR count). The molecule has 0 spiro atoms. The fourth-order valence-corrected chi connectivity index (χ4v) is 6.12. The van der Waals surface area contributed by atoms with E-state index in [0.29, 0.717) is 22.2 Å². The van der Waals surface area contributed by atoms with Gasteiger partial charge in [-0.05, 0) is 53.9 Å². The summed E-state index contributed by atoms with van der Waals surface area (Å²) in [5.41, 5.74) is 2.30. The molecule has 0 aromatic heterocycles. The Labute approximate surface area is 217 Å². The molecule has 3 aromatic carbocycles. The lowest BCUT2D eigenvalue weighted by Crippen LogP contribution is -2.36. The summed E-state index contributed by atoms with van der Waals surface area (Å²) >= 11 is 18.0. The third-order valence-corrected chi connectivity index (χ3v) is 8.12. The van der Waals surface area contributed by atoms with Crippen molar-refractivity contribution in [1.82, 2.24) is 4.31 Å². The van der Waals surface area contributed by atoms with Crippen LogP contribution in [0.25, 0.3) is 0 Å². The van der Waals surface area contributed by atoms with Crippen molar-refractivity contribution in [3.63, 3.8) is 0 Å². The maximum Gasteiger partial charge on any atom is 0.338 e. The van der Waals surface area contributed by atoms with Crippen molar-refractivity contribution in [2.45, 2.75) is 17.9 Å². The van der Waals surface area contributed by atoms with Crippen LogP contribution in [-0.2, 0) is 32.5 Å². The standard InChI is InChI=1S/C24H19Cl3N2O5S/c25-18-10-19(26)12-20(11-18)28-23(30)14-34-24(31)16-5-6-21(27)22(9-16)35(32,33)29-8-7-15-3-1-2-4-17(15)13-29/h1-6,9-12H,7-8,13-14H2,(H,28,30). The molecule has 3 aromatic rings. The molecule has 182 valence electrons. The van der Waals surface area contributed by atoms with Gasteiger partial charge in [0.2, 0.25) is 10.0 Å². The van der Waals surface area contributed by atoms with E-state index in [2.05, 4.69) is 5.32 Å². The zero-order valence-corrected chi connectivity index (χ0v) is 21.2.